The first-order valence-corrected chi connectivity index (χ1v) is 9.49. The zero-order chi connectivity index (χ0) is 20.6. The lowest BCUT2D eigenvalue weighted by molar-refractivity contribution is -0.111. The van der Waals surface area contributed by atoms with E-state index in [4.69, 9.17) is 23.2 Å². The first kappa shape index (κ1) is 20.6. The molecule has 3 aromatic rings. The van der Waals surface area contributed by atoms with Crippen LogP contribution in [0.1, 0.15) is 21.5 Å². The van der Waals surface area contributed by atoms with E-state index < -0.39 is 0 Å². The highest BCUT2D eigenvalue weighted by Crippen LogP contribution is 2.22. The minimum Gasteiger partial charge on any atom is -0.348 e. The van der Waals surface area contributed by atoms with E-state index in [9.17, 15) is 9.59 Å². The number of nitrogens with one attached hydrogen (secondary N) is 2. The number of hydrogen-bond donors (Lipinski definition) is 2. The van der Waals surface area contributed by atoms with E-state index in [0.717, 1.165) is 5.56 Å². The van der Waals surface area contributed by atoms with Crippen molar-refractivity contribution >= 4 is 46.8 Å². The lowest BCUT2D eigenvalue weighted by atomic mass is 10.1. The van der Waals surface area contributed by atoms with Gasteiger partial charge < -0.3 is 10.6 Å². The van der Waals surface area contributed by atoms with Crippen molar-refractivity contribution in [3.05, 3.63) is 99.8 Å². The quantitative estimate of drug-likeness (QED) is 0.547. The largest absolute Gasteiger partial charge is 0.348 e. The molecular formula is C22H17Cl2N3O2. The molecule has 0 bridgehead atoms. The molecule has 2 N–H and O–H groups in total. The summed E-state index contributed by atoms with van der Waals surface area (Å²) in [4.78, 5) is 28.9. The number of aromatic nitrogens is 1. The SMILES string of the molecule is O=C(/C=C/c1ccc(Cl)cc1Cl)Nc1ccccc1C(=O)NCc1cccnc1. The second-order valence-electron chi connectivity index (χ2n) is 6.08. The normalized spacial score (nSPS) is 10.7. The van der Waals surface area contributed by atoms with Gasteiger partial charge in [0.15, 0.2) is 0 Å². The minimum atomic E-state index is -0.386. The van der Waals surface area contributed by atoms with Gasteiger partial charge in [-0.2, -0.15) is 0 Å². The third kappa shape index (κ3) is 5.91. The Labute approximate surface area is 178 Å². The van der Waals surface area contributed by atoms with Crippen LogP contribution in [-0.4, -0.2) is 16.8 Å². The zero-order valence-corrected chi connectivity index (χ0v) is 16.7. The molecule has 0 spiro atoms. The number of amides is 2. The summed E-state index contributed by atoms with van der Waals surface area (Å²) in [6, 6.07) is 15.5. The van der Waals surface area contributed by atoms with Gasteiger partial charge >= 0.3 is 0 Å². The van der Waals surface area contributed by atoms with Crippen molar-refractivity contribution in [2.24, 2.45) is 0 Å². The lowest BCUT2D eigenvalue weighted by Crippen LogP contribution is -2.24. The first-order valence-electron chi connectivity index (χ1n) is 8.73. The lowest BCUT2D eigenvalue weighted by Gasteiger charge is -2.10. The van der Waals surface area contributed by atoms with Crippen LogP contribution >= 0.6 is 23.2 Å². The van der Waals surface area contributed by atoms with Crippen molar-refractivity contribution in [3.8, 4) is 0 Å². The number of pyridine rings is 1. The van der Waals surface area contributed by atoms with Gasteiger partial charge in [0.1, 0.15) is 0 Å². The number of nitrogens with zero attached hydrogens (tertiary/aromatic N) is 1. The van der Waals surface area contributed by atoms with Gasteiger partial charge in [-0.05, 0) is 47.5 Å². The number of carbonyl (C=O) groups is 2. The third-order valence-electron chi connectivity index (χ3n) is 3.98. The Balaban J connectivity index is 1.67. The number of benzene rings is 2. The highest BCUT2D eigenvalue weighted by Gasteiger charge is 2.12. The maximum atomic E-state index is 12.5. The van der Waals surface area contributed by atoms with Crippen LogP contribution in [0.5, 0.6) is 0 Å². The van der Waals surface area contributed by atoms with Crippen molar-refractivity contribution in [2.75, 3.05) is 5.32 Å². The van der Waals surface area contributed by atoms with E-state index >= 15 is 0 Å². The van der Waals surface area contributed by atoms with Crippen molar-refractivity contribution < 1.29 is 9.59 Å². The van der Waals surface area contributed by atoms with Gasteiger partial charge in [0.2, 0.25) is 5.91 Å². The van der Waals surface area contributed by atoms with Gasteiger partial charge in [-0.1, -0.05) is 47.5 Å². The molecule has 0 aliphatic carbocycles. The summed E-state index contributed by atoms with van der Waals surface area (Å²) in [6.07, 6.45) is 6.28. The second-order valence-corrected chi connectivity index (χ2v) is 6.92. The molecule has 0 saturated heterocycles. The zero-order valence-electron chi connectivity index (χ0n) is 15.2. The monoisotopic (exact) mass is 425 g/mol. The summed E-state index contributed by atoms with van der Waals surface area (Å²) in [7, 11) is 0. The van der Waals surface area contributed by atoms with Gasteiger partial charge in [0, 0.05) is 35.1 Å². The Kier molecular flexibility index (Phi) is 7.00. The van der Waals surface area contributed by atoms with Crippen LogP contribution < -0.4 is 10.6 Å². The average Bonchev–Trinajstić information content (AvgIpc) is 2.72. The summed E-state index contributed by atoms with van der Waals surface area (Å²) >= 11 is 12.0. The molecule has 0 atom stereocenters. The molecule has 2 aromatic carbocycles. The number of anilines is 1. The molecule has 0 aliphatic rings. The van der Waals surface area contributed by atoms with Gasteiger partial charge in [0.05, 0.1) is 11.3 Å². The van der Waals surface area contributed by atoms with Crippen LogP contribution in [0.15, 0.2) is 73.1 Å². The van der Waals surface area contributed by atoms with E-state index in [0.29, 0.717) is 33.4 Å². The third-order valence-corrected chi connectivity index (χ3v) is 4.54. The molecule has 5 nitrogen and oxygen atoms in total. The fourth-order valence-electron chi connectivity index (χ4n) is 2.55. The number of halogens is 2. The van der Waals surface area contributed by atoms with E-state index in [1.807, 2.05) is 6.07 Å². The molecule has 1 aromatic heterocycles. The summed E-state index contributed by atoms with van der Waals surface area (Å²) in [6.45, 7) is 0.337. The topological polar surface area (TPSA) is 71.1 Å². The minimum absolute atomic E-state index is 0.297. The first-order chi connectivity index (χ1) is 14.0. The van der Waals surface area contributed by atoms with Crippen LogP contribution in [0.3, 0.4) is 0 Å². The molecule has 0 unspecified atom stereocenters. The number of hydrogen-bond acceptors (Lipinski definition) is 3. The molecule has 7 heteroatoms. The van der Waals surface area contributed by atoms with E-state index in [1.54, 1.807) is 67.0 Å². The Morgan fingerprint density at radius 3 is 2.62 bits per heavy atom. The maximum absolute atomic E-state index is 12.5. The fraction of sp³-hybridized carbons (Fsp3) is 0.0455. The van der Waals surface area contributed by atoms with Crippen molar-refractivity contribution in [3.63, 3.8) is 0 Å². The summed E-state index contributed by atoms with van der Waals surface area (Å²) in [5.41, 5.74) is 2.31. The number of carbonyl (C=O) groups excluding carboxylic acids is 2. The van der Waals surface area contributed by atoms with Crippen LogP contribution in [0, 0.1) is 0 Å². The Hall–Kier alpha value is -3.15. The van der Waals surface area contributed by atoms with E-state index in [1.165, 1.54) is 6.08 Å². The average molecular weight is 426 g/mol. The molecule has 0 fully saturated rings. The van der Waals surface area contributed by atoms with Crippen molar-refractivity contribution in [2.45, 2.75) is 6.54 Å². The van der Waals surface area contributed by atoms with Crippen LogP contribution in [0.2, 0.25) is 10.0 Å². The highest BCUT2D eigenvalue weighted by molar-refractivity contribution is 6.35. The predicted octanol–water partition coefficient (Wildman–Crippen LogP) is 4.97. The standard InChI is InChI=1S/C22H17Cl2N3O2/c23-17-9-7-16(19(24)12-17)8-10-21(28)27-20-6-2-1-5-18(20)22(29)26-14-15-4-3-11-25-13-15/h1-13H,14H2,(H,26,29)(H,27,28)/b10-8+. The Bertz CT molecular complexity index is 1050. The van der Waals surface area contributed by atoms with Crippen LogP contribution in [-0.2, 0) is 11.3 Å². The molecule has 2 amide bonds. The summed E-state index contributed by atoms with van der Waals surface area (Å²) in [5, 5.41) is 6.50. The van der Waals surface area contributed by atoms with Crippen LogP contribution in [0.4, 0.5) is 5.69 Å². The van der Waals surface area contributed by atoms with Crippen molar-refractivity contribution in [1.82, 2.24) is 10.3 Å². The smallest absolute Gasteiger partial charge is 0.253 e. The van der Waals surface area contributed by atoms with Gasteiger partial charge in [-0.15, -0.1) is 0 Å². The summed E-state index contributed by atoms with van der Waals surface area (Å²) in [5.74, 6) is -0.682. The van der Waals surface area contributed by atoms with E-state index in [-0.39, 0.29) is 11.8 Å². The van der Waals surface area contributed by atoms with Gasteiger partial charge in [0.25, 0.3) is 5.91 Å². The van der Waals surface area contributed by atoms with Gasteiger partial charge in [-0.3, -0.25) is 14.6 Å². The predicted molar refractivity (Wildman–Crippen MR) is 116 cm³/mol. The number of rotatable bonds is 6. The molecule has 0 saturated carbocycles. The van der Waals surface area contributed by atoms with E-state index in [2.05, 4.69) is 15.6 Å². The molecule has 0 radical (unpaired) electrons. The van der Waals surface area contributed by atoms with Crippen molar-refractivity contribution in [1.29, 1.82) is 0 Å². The Morgan fingerprint density at radius 1 is 1.03 bits per heavy atom. The Morgan fingerprint density at radius 2 is 1.86 bits per heavy atom. The molecule has 146 valence electrons. The van der Waals surface area contributed by atoms with Gasteiger partial charge in [-0.25, -0.2) is 0 Å². The van der Waals surface area contributed by atoms with Crippen LogP contribution in [0.25, 0.3) is 6.08 Å². The molecule has 29 heavy (non-hydrogen) atoms. The molecular weight excluding hydrogens is 409 g/mol. The maximum Gasteiger partial charge on any atom is 0.253 e. The molecule has 0 aliphatic heterocycles. The fourth-order valence-corrected chi connectivity index (χ4v) is 3.02. The molecule has 1 heterocycles. The highest BCUT2D eigenvalue weighted by atomic mass is 35.5. The second kappa shape index (κ2) is 9.87. The molecule has 3 rings (SSSR count). The number of para-hydroxylation sites is 1. The summed E-state index contributed by atoms with van der Waals surface area (Å²) < 4.78 is 0.